The fraction of sp³-hybridized carbons (Fsp3) is 0.318. The Balaban J connectivity index is 1.42. The lowest BCUT2D eigenvalue weighted by molar-refractivity contribution is -0.139. The molecule has 2 heterocycles. The lowest BCUT2D eigenvalue weighted by atomic mass is 10.1. The molecule has 1 atom stereocenters. The van der Waals surface area contributed by atoms with Gasteiger partial charge in [-0.2, -0.15) is 0 Å². The van der Waals surface area contributed by atoms with Crippen LogP contribution in [0.1, 0.15) is 47.3 Å². The molecule has 0 bridgehead atoms. The van der Waals surface area contributed by atoms with E-state index in [2.05, 4.69) is 21.2 Å². The number of imide groups is 1. The molecule has 0 radical (unpaired) electrons. The standard InChI is InChI=1S/C22H21BrN2O5/c1-13(16-10-18-19(11-17(16)23)30-9-8-29-18)24-22(28)15-4-2-14(3-5-15)12-25-20(26)6-7-21(25)27/h2-5,10-11,13H,6-9,12H2,1H3,(H,24,28). The van der Waals surface area contributed by atoms with Crippen molar-refractivity contribution in [1.82, 2.24) is 10.2 Å². The van der Waals surface area contributed by atoms with Gasteiger partial charge in [0.05, 0.1) is 12.6 Å². The highest BCUT2D eigenvalue weighted by atomic mass is 79.9. The van der Waals surface area contributed by atoms with E-state index < -0.39 is 0 Å². The quantitative estimate of drug-likeness (QED) is 0.674. The third kappa shape index (κ3) is 4.18. The molecule has 8 heteroatoms. The van der Waals surface area contributed by atoms with Crippen molar-refractivity contribution in [2.24, 2.45) is 0 Å². The second kappa shape index (κ2) is 8.47. The number of benzene rings is 2. The van der Waals surface area contributed by atoms with Crippen LogP contribution in [0.5, 0.6) is 11.5 Å². The molecule has 0 aliphatic carbocycles. The lowest BCUT2D eigenvalue weighted by Gasteiger charge is -2.22. The van der Waals surface area contributed by atoms with E-state index in [0.717, 1.165) is 15.6 Å². The van der Waals surface area contributed by atoms with Crippen molar-refractivity contribution < 1.29 is 23.9 Å². The van der Waals surface area contributed by atoms with E-state index in [-0.39, 0.29) is 43.1 Å². The number of nitrogens with zero attached hydrogens (tertiary/aromatic N) is 1. The van der Waals surface area contributed by atoms with E-state index in [9.17, 15) is 14.4 Å². The third-order valence-corrected chi connectivity index (χ3v) is 5.87. The zero-order chi connectivity index (χ0) is 21.3. The molecule has 7 nitrogen and oxygen atoms in total. The van der Waals surface area contributed by atoms with Crippen molar-refractivity contribution in [2.45, 2.75) is 32.4 Å². The molecule has 2 aliphatic heterocycles. The van der Waals surface area contributed by atoms with Gasteiger partial charge in [0.15, 0.2) is 11.5 Å². The minimum Gasteiger partial charge on any atom is -0.486 e. The van der Waals surface area contributed by atoms with E-state index in [1.807, 2.05) is 19.1 Å². The van der Waals surface area contributed by atoms with Gasteiger partial charge in [-0.1, -0.05) is 28.1 Å². The summed E-state index contributed by atoms with van der Waals surface area (Å²) in [6.07, 6.45) is 0.541. The van der Waals surface area contributed by atoms with E-state index in [4.69, 9.17) is 9.47 Å². The average molecular weight is 473 g/mol. The Morgan fingerprint density at radius 1 is 1.07 bits per heavy atom. The van der Waals surface area contributed by atoms with Crippen LogP contribution < -0.4 is 14.8 Å². The maximum Gasteiger partial charge on any atom is 0.251 e. The maximum absolute atomic E-state index is 12.7. The number of rotatable bonds is 5. The van der Waals surface area contributed by atoms with Crippen LogP contribution in [-0.4, -0.2) is 35.8 Å². The molecule has 156 valence electrons. The average Bonchev–Trinajstić information content (AvgIpc) is 3.05. The van der Waals surface area contributed by atoms with Crippen molar-refractivity contribution in [2.75, 3.05) is 13.2 Å². The first-order valence-electron chi connectivity index (χ1n) is 9.74. The van der Waals surface area contributed by atoms with Gasteiger partial charge >= 0.3 is 0 Å². The Morgan fingerprint density at radius 2 is 1.67 bits per heavy atom. The van der Waals surface area contributed by atoms with Crippen LogP contribution in [0, 0.1) is 0 Å². The number of ether oxygens (including phenoxy) is 2. The Bertz CT molecular complexity index is 989. The van der Waals surface area contributed by atoms with Gasteiger partial charge in [0.25, 0.3) is 5.91 Å². The first-order valence-corrected chi connectivity index (χ1v) is 10.5. The molecule has 1 unspecified atom stereocenters. The Labute approximate surface area is 182 Å². The van der Waals surface area contributed by atoms with Crippen LogP contribution in [0.2, 0.25) is 0 Å². The van der Waals surface area contributed by atoms with Crippen molar-refractivity contribution in [3.63, 3.8) is 0 Å². The number of carbonyl (C=O) groups is 3. The number of nitrogens with one attached hydrogen (secondary N) is 1. The molecule has 0 saturated carbocycles. The van der Waals surface area contributed by atoms with Gasteiger partial charge in [-0.3, -0.25) is 19.3 Å². The summed E-state index contributed by atoms with van der Waals surface area (Å²) in [6.45, 7) is 3.14. The fourth-order valence-corrected chi connectivity index (χ4v) is 4.18. The highest BCUT2D eigenvalue weighted by Gasteiger charge is 2.28. The number of hydrogen-bond acceptors (Lipinski definition) is 5. The normalized spacial score (nSPS) is 16.5. The zero-order valence-corrected chi connectivity index (χ0v) is 18.0. The van der Waals surface area contributed by atoms with Gasteiger partial charge in [0.2, 0.25) is 11.8 Å². The third-order valence-electron chi connectivity index (χ3n) is 5.19. The summed E-state index contributed by atoms with van der Waals surface area (Å²) < 4.78 is 12.0. The van der Waals surface area contributed by atoms with E-state index in [1.165, 1.54) is 4.90 Å². The highest BCUT2D eigenvalue weighted by molar-refractivity contribution is 9.10. The molecule has 2 aromatic carbocycles. The van der Waals surface area contributed by atoms with E-state index in [0.29, 0.717) is 30.3 Å². The second-order valence-corrected chi connectivity index (χ2v) is 8.14. The SMILES string of the molecule is CC(NC(=O)c1ccc(CN2C(=O)CCC2=O)cc1)c1cc2c(cc1Br)OCCO2. The smallest absolute Gasteiger partial charge is 0.251 e. The molecule has 30 heavy (non-hydrogen) atoms. The zero-order valence-electron chi connectivity index (χ0n) is 16.4. The highest BCUT2D eigenvalue weighted by Crippen LogP contribution is 2.37. The number of amides is 3. The number of hydrogen-bond donors (Lipinski definition) is 1. The summed E-state index contributed by atoms with van der Waals surface area (Å²) >= 11 is 3.54. The number of likely N-dealkylation sites (tertiary alicyclic amines) is 1. The van der Waals surface area contributed by atoms with Gasteiger partial charge < -0.3 is 14.8 Å². The predicted molar refractivity (Wildman–Crippen MR) is 112 cm³/mol. The van der Waals surface area contributed by atoms with E-state index in [1.54, 1.807) is 24.3 Å². The molecule has 2 aliphatic rings. The Morgan fingerprint density at radius 3 is 2.30 bits per heavy atom. The van der Waals surface area contributed by atoms with Gasteiger partial charge in [-0.15, -0.1) is 0 Å². The molecular formula is C22H21BrN2O5. The topological polar surface area (TPSA) is 84.9 Å². The maximum atomic E-state index is 12.7. The van der Waals surface area contributed by atoms with Crippen molar-refractivity contribution >= 4 is 33.7 Å². The van der Waals surface area contributed by atoms with Crippen molar-refractivity contribution in [1.29, 1.82) is 0 Å². The lowest BCUT2D eigenvalue weighted by Crippen LogP contribution is -2.28. The Kier molecular flexibility index (Phi) is 5.76. The van der Waals surface area contributed by atoms with Crippen LogP contribution in [-0.2, 0) is 16.1 Å². The molecule has 3 amide bonds. The molecule has 1 N–H and O–H groups in total. The van der Waals surface area contributed by atoms with Gasteiger partial charge in [0, 0.05) is 22.9 Å². The predicted octanol–water partition coefficient (Wildman–Crippen LogP) is 3.36. The van der Waals surface area contributed by atoms with Crippen molar-refractivity contribution in [3.8, 4) is 11.5 Å². The molecule has 4 rings (SSSR count). The second-order valence-electron chi connectivity index (χ2n) is 7.28. The molecule has 2 aromatic rings. The molecule has 0 aromatic heterocycles. The Hall–Kier alpha value is -2.87. The van der Waals surface area contributed by atoms with Gasteiger partial charge in [-0.25, -0.2) is 0 Å². The van der Waals surface area contributed by atoms with Gasteiger partial charge in [-0.05, 0) is 42.3 Å². The van der Waals surface area contributed by atoms with Crippen molar-refractivity contribution in [3.05, 3.63) is 57.6 Å². The van der Waals surface area contributed by atoms with Crippen LogP contribution >= 0.6 is 15.9 Å². The monoisotopic (exact) mass is 472 g/mol. The van der Waals surface area contributed by atoms with Crippen LogP contribution in [0.4, 0.5) is 0 Å². The summed E-state index contributed by atoms with van der Waals surface area (Å²) in [5.74, 6) is 0.822. The number of fused-ring (bicyclic) bond motifs is 1. The van der Waals surface area contributed by atoms with Crippen LogP contribution in [0.15, 0.2) is 40.9 Å². The molecule has 1 saturated heterocycles. The number of carbonyl (C=O) groups excluding carboxylic acids is 3. The summed E-state index contributed by atoms with van der Waals surface area (Å²) in [7, 11) is 0. The first kappa shape index (κ1) is 20.4. The van der Waals surface area contributed by atoms with Gasteiger partial charge in [0.1, 0.15) is 13.2 Å². The van der Waals surface area contributed by atoms with Crippen LogP contribution in [0.25, 0.3) is 0 Å². The summed E-state index contributed by atoms with van der Waals surface area (Å²) in [5.41, 5.74) is 2.19. The first-order chi connectivity index (χ1) is 14.4. The molecular weight excluding hydrogens is 452 g/mol. The minimum absolute atomic E-state index is 0.152. The van der Waals surface area contributed by atoms with E-state index >= 15 is 0 Å². The fourth-order valence-electron chi connectivity index (χ4n) is 3.51. The molecule has 1 fully saturated rings. The number of halogens is 1. The summed E-state index contributed by atoms with van der Waals surface area (Å²) in [4.78, 5) is 37.5. The largest absolute Gasteiger partial charge is 0.486 e. The summed E-state index contributed by atoms with van der Waals surface area (Å²) in [6, 6.07) is 10.4. The summed E-state index contributed by atoms with van der Waals surface area (Å²) in [5, 5.41) is 2.98. The van der Waals surface area contributed by atoms with Crippen LogP contribution in [0.3, 0.4) is 0 Å². The minimum atomic E-state index is -0.262. The molecule has 0 spiro atoms.